The number of carbonyl (C=O) groups is 1. The molecule has 0 aliphatic heterocycles. The molecule has 4 N–H and O–H groups in total. The number of hydrogen-bond acceptors (Lipinski definition) is 5. The van der Waals surface area contributed by atoms with Crippen LogP contribution < -0.4 is 16.4 Å². The molecule has 0 aromatic carbocycles. The highest BCUT2D eigenvalue weighted by atomic mass is 16.5. The number of amides is 1. The second-order valence-corrected chi connectivity index (χ2v) is 3.95. The first-order valence-corrected chi connectivity index (χ1v) is 5.86. The van der Waals surface area contributed by atoms with Crippen LogP contribution in [-0.4, -0.2) is 37.7 Å². The normalized spacial score (nSPS) is 10.1. The first-order chi connectivity index (χ1) is 8.63. The fourth-order valence-electron chi connectivity index (χ4n) is 1.41. The van der Waals surface area contributed by atoms with Crippen molar-refractivity contribution in [3.05, 3.63) is 17.8 Å². The fraction of sp³-hybridized carbons (Fsp3) is 0.500. The Morgan fingerprint density at radius 3 is 2.94 bits per heavy atom. The number of methoxy groups -OCH3 is 1. The Kier molecular flexibility index (Phi) is 5.93. The average molecular weight is 252 g/mol. The number of nitrogens with zero attached hydrogens (tertiary/aromatic N) is 1. The third-order valence-electron chi connectivity index (χ3n) is 2.31. The smallest absolute Gasteiger partial charge is 0.245 e. The van der Waals surface area contributed by atoms with E-state index in [0.717, 1.165) is 12.1 Å². The van der Waals surface area contributed by atoms with E-state index >= 15 is 0 Å². The minimum absolute atomic E-state index is 0.0970. The number of nitrogens with one attached hydrogen (secondary N) is 2. The van der Waals surface area contributed by atoms with Crippen molar-refractivity contribution in [3.63, 3.8) is 0 Å². The summed E-state index contributed by atoms with van der Waals surface area (Å²) in [4.78, 5) is 15.4. The van der Waals surface area contributed by atoms with E-state index in [4.69, 9.17) is 10.5 Å². The molecular formula is C12H20N4O2. The van der Waals surface area contributed by atoms with Crippen molar-refractivity contribution in [1.82, 2.24) is 10.3 Å². The number of nitrogen functional groups attached to an aromatic ring is 1. The molecule has 1 aromatic heterocycles. The molecule has 0 bridgehead atoms. The predicted molar refractivity (Wildman–Crippen MR) is 71.4 cm³/mol. The summed E-state index contributed by atoms with van der Waals surface area (Å²) < 4.78 is 4.70. The van der Waals surface area contributed by atoms with E-state index in [0.29, 0.717) is 24.6 Å². The number of aromatic nitrogens is 1. The molecule has 1 heterocycles. The molecule has 0 aliphatic carbocycles. The zero-order chi connectivity index (χ0) is 13.4. The lowest BCUT2D eigenvalue weighted by atomic mass is 10.3. The Bertz CT molecular complexity index is 396. The monoisotopic (exact) mass is 252 g/mol. The minimum atomic E-state index is -0.106. The quantitative estimate of drug-likeness (QED) is 0.616. The van der Waals surface area contributed by atoms with E-state index in [1.165, 1.54) is 7.11 Å². The van der Waals surface area contributed by atoms with E-state index in [-0.39, 0.29) is 12.5 Å². The average Bonchev–Trinajstić information content (AvgIpc) is 2.33. The zero-order valence-electron chi connectivity index (χ0n) is 10.8. The van der Waals surface area contributed by atoms with Gasteiger partial charge in [-0.15, -0.1) is 0 Å². The van der Waals surface area contributed by atoms with Gasteiger partial charge in [-0.1, -0.05) is 0 Å². The predicted octanol–water partition coefficient (Wildman–Crippen LogP) is 0.537. The molecule has 1 amide bonds. The zero-order valence-corrected chi connectivity index (χ0v) is 10.8. The summed E-state index contributed by atoms with van der Waals surface area (Å²) in [6, 6.07) is 3.69. The summed E-state index contributed by atoms with van der Waals surface area (Å²) in [6.45, 7) is 3.31. The molecule has 0 fully saturated rings. The van der Waals surface area contributed by atoms with Crippen LogP contribution in [0.1, 0.15) is 12.1 Å². The molecule has 0 atom stereocenters. The summed E-state index contributed by atoms with van der Waals surface area (Å²) >= 11 is 0. The molecule has 18 heavy (non-hydrogen) atoms. The maximum atomic E-state index is 11.1. The van der Waals surface area contributed by atoms with Crippen LogP contribution >= 0.6 is 0 Å². The first kappa shape index (κ1) is 14.2. The van der Waals surface area contributed by atoms with Gasteiger partial charge in [0, 0.05) is 25.9 Å². The number of ether oxygens (including phenoxy) is 1. The Hall–Kier alpha value is -1.82. The molecule has 1 rings (SSSR count). The SMILES string of the molecule is COCC(=O)NCCCNc1nc(C)ccc1N. The summed E-state index contributed by atoms with van der Waals surface area (Å²) in [6.07, 6.45) is 0.796. The van der Waals surface area contributed by atoms with Gasteiger partial charge in [-0.05, 0) is 25.5 Å². The van der Waals surface area contributed by atoms with Crippen molar-refractivity contribution in [1.29, 1.82) is 0 Å². The van der Waals surface area contributed by atoms with E-state index in [9.17, 15) is 4.79 Å². The van der Waals surface area contributed by atoms with Crippen molar-refractivity contribution < 1.29 is 9.53 Å². The van der Waals surface area contributed by atoms with Gasteiger partial charge in [0.15, 0.2) is 0 Å². The summed E-state index contributed by atoms with van der Waals surface area (Å²) in [7, 11) is 1.49. The Balaban J connectivity index is 2.21. The lowest BCUT2D eigenvalue weighted by molar-refractivity contribution is -0.124. The number of nitrogens with two attached hydrogens (primary N) is 1. The number of carbonyl (C=O) groups excluding carboxylic acids is 1. The van der Waals surface area contributed by atoms with Crippen LogP contribution in [0, 0.1) is 6.92 Å². The van der Waals surface area contributed by atoms with Gasteiger partial charge in [-0.2, -0.15) is 0 Å². The molecule has 100 valence electrons. The van der Waals surface area contributed by atoms with Crippen LogP contribution in [0.25, 0.3) is 0 Å². The molecule has 0 aliphatic rings. The molecule has 0 spiro atoms. The molecular weight excluding hydrogens is 232 g/mol. The molecule has 0 radical (unpaired) electrons. The van der Waals surface area contributed by atoms with Crippen molar-refractivity contribution in [2.75, 3.05) is 37.9 Å². The van der Waals surface area contributed by atoms with Gasteiger partial charge in [-0.3, -0.25) is 4.79 Å². The van der Waals surface area contributed by atoms with Gasteiger partial charge in [-0.25, -0.2) is 4.98 Å². The third-order valence-corrected chi connectivity index (χ3v) is 2.31. The molecule has 6 nitrogen and oxygen atoms in total. The van der Waals surface area contributed by atoms with Gasteiger partial charge >= 0.3 is 0 Å². The third kappa shape index (κ3) is 5.01. The molecule has 6 heteroatoms. The van der Waals surface area contributed by atoms with Gasteiger partial charge in [0.05, 0.1) is 5.69 Å². The second kappa shape index (κ2) is 7.50. The molecule has 0 saturated carbocycles. The summed E-state index contributed by atoms with van der Waals surface area (Å²) in [5.74, 6) is 0.587. The van der Waals surface area contributed by atoms with Crippen molar-refractivity contribution in [2.24, 2.45) is 0 Å². The Morgan fingerprint density at radius 1 is 1.44 bits per heavy atom. The van der Waals surface area contributed by atoms with Gasteiger partial charge < -0.3 is 21.1 Å². The highest BCUT2D eigenvalue weighted by molar-refractivity contribution is 5.77. The maximum Gasteiger partial charge on any atom is 0.245 e. The van der Waals surface area contributed by atoms with Crippen LogP contribution in [0.5, 0.6) is 0 Å². The van der Waals surface area contributed by atoms with Crippen LogP contribution in [0.2, 0.25) is 0 Å². The standard InChI is InChI=1S/C12H20N4O2/c1-9-4-5-10(13)12(16-9)15-7-3-6-14-11(17)8-18-2/h4-5H,3,6-8,13H2,1-2H3,(H,14,17)(H,15,16). The van der Waals surface area contributed by atoms with Gasteiger partial charge in [0.2, 0.25) is 5.91 Å². The number of anilines is 2. The fourth-order valence-corrected chi connectivity index (χ4v) is 1.41. The van der Waals surface area contributed by atoms with Gasteiger partial charge in [0.25, 0.3) is 0 Å². The van der Waals surface area contributed by atoms with Crippen LogP contribution in [0.4, 0.5) is 11.5 Å². The summed E-state index contributed by atoms with van der Waals surface area (Å²) in [5.41, 5.74) is 7.33. The lowest BCUT2D eigenvalue weighted by Gasteiger charge is -2.09. The van der Waals surface area contributed by atoms with E-state index in [1.807, 2.05) is 19.1 Å². The topological polar surface area (TPSA) is 89.3 Å². The van der Waals surface area contributed by atoms with Crippen LogP contribution in [0.15, 0.2) is 12.1 Å². The molecule has 0 unspecified atom stereocenters. The Morgan fingerprint density at radius 2 is 2.22 bits per heavy atom. The van der Waals surface area contributed by atoms with Crippen LogP contribution in [-0.2, 0) is 9.53 Å². The summed E-state index contributed by atoms with van der Waals surface area (Å²) in [5, 5.41) is 5.88. The number of hydrogen-bond donors (Lipinski definition) is 3. The number of aryl methyl sites for hydroxylation is 1. The van der Waals surface area contributed by atoms with Crippen molar-refractivity contribution in [2.45, 2.75) is 13.3 Å². The van der Waals surface area contributed by atoms with E-state index in [2.05, 4.69) is 15.6 Å². The largest absolute Gasteiger partial charge is 0.396 e. The first-order valence-electron chi connectivity index (χ1n) is 5.86. The minimum Gasteiger partial charge on any atom is -0.396 e. The van der Waals surface area contributed by atoms with Gasteiger partial charge in [0.1, 0.15) is 12.4 Å². The maximum absolute atomic E-state index is 11.1. The second-order valence-electron chi connectivity index (χ2n) is 3.95. The number of rotatable bonds is 7. The van der Waals surface area contributed by atoms with E-state index < -0.39 is 0 Å². The van der Waals surface area contributed by atoms with Crippen molar-refractivity contribution >= 4 is 17.4 Å². The van der Waals surface area contributed by atoms with Crippen LogP contribution in [0.3, 0.4) is 0 Å². The molecule has 1 aromatic rings. The highest BCUT2D eigenvalue weighted by Crippen LogP contribution is 2.14. The lowest BCUT2D eigenvalue weighted by Crippen LogP contribution is -2.29. The number of pyridine rings is 1. The van der Waals surface area contributed by atoms with Crippen molar-refractivity contribution in [3.8, 4) is 0 Å². The molecule has 0 saturated heterocycles. The van der Waals surface area contributed by atoms with E-state index in [1.54, 1.807) is 0 Å². The Labute approximate surface area is 107 Å². The highest BCUT2D eigenvalue weighted by Gasteiger charge is 2.01.